The van der Waals surface area contributed by atoms with Crippen molar-refractivity contribution in [2.45, 2.75) is 58.2 Å². The number of hydrogen-bond acceptors (Lipinski definition) is 1. The number of alkyl halides is 5. The van der Waals surface area contributed by atoms with Gasteiger partial charge in [-0.3, -0.25) is 4.79 Å². The van der Waals surface area contributed by atoms with Gasteiger partial charge in [0.05, 0.1) is 0 Å². The summed E-state index contributed by atoms with van der Waals surface area (Å²) in [4.78, 5) is 11.9. The molecule has 0 N–H and O–H groups in total. The predicted molar refractivity (Wildman–Crippen MR) is 57.4 cm³/mol. The summed E-state index contributed by atoms with van der Waals surface area (Å²) >= 11 is 0. The van der Waals surface area contributed by atoms with Gasteiger partial charge in [-0.25, -0.2) is 0 Å². The van der Waals surface area contributed by atoms with Crippen molar-refractivity contribution >= 4 is 5.91 Å². The maximum atomic E-state index is 12.9. The summed E-state index contributed by atoms with van der Waals surface area (Å²) in [6.45, 7) is 4.61. The molecular weight excluding hydrogens is 257 g/mol. The summed E-state index contributed by atoms with van der Waals surface area (Å²) in [6.07, 6.45) is -3.97. The molecule has 0 aromatic carbocycles. The number of rotatable bonds is 6. The Morgan fingerprint density at radius 1 is 1.11 bits per heavy atom. The SMILES string of the molecule is CCCCCN(C(=O)C(F)(F)C(F)(F)F)C(C)C. The molecule has 0 saturated heterocycles. The number of amides is 1. The van der Waals surface area contributed by atoms with Crippen molar-refractivity contribution in [2.24, 2.45) is 0 Å². The monoisotopic (exact) mass is 275 g/mol. The third kappa shape index (κ3) is 4.10. The van der Waals surface area contributed by atoms with Gasteiger partial charge in [0.25, 0.3) is 0 Å². The number of unbranched alkanes of at least 4 members (excludes halogenated alkanes) is 2. The number of nitrogens with zero attached hydrogens (tertiary/aromatic N) is 1. The molecule has 0 bridgehead atoms. The zero-order valence-corrected chi connectivity index (χ0v) is 10.7. The molecule has 0 atom stereocenters. The third-order valence-corrected chi connectivity index (χ3v) is 2.51. The summed E-state index contributed by atoms with van der Waals surface area (Å²) in [5.74, 6) is -7.48. The molecule has 0 aliphatic rings. The lowest BCUT2D eigenvalue weighted by Gasteiger charge is -2.31. The van der Waals surface area contributed by atoms with Gasteiger partial charge >= 0.3 is 18.0 Å². The summed E-state index contributed by atoms with van der Waals surface area (Å²) in [6, 6.07) is -0.692. The Bertz CT molecular complexity index is 275. The first-order valence-corrected chi connectivity index (χ1v) is 5.81. The summed E-state index contributed by atoms with van der Waals surface area (Å²) in [7, 11) is 0. The van der Waals surface area contributed by atoms with Crippen LogP contribution in [0.3, 0.4) is 0 Å². The fourth-order valence-corrected chi connectivity index (χ4v) is 1.43. The van der Waals surface area contributed by atoms with Gasteiger partial charge in [-0.15, -0.1) is 0 Å². The zero-order valence-electron chi connectivity index (χ0n) is 10.7. The smallest absolute Gasteiger partial charge is 0.335 e. The van der Waals surface area contributed by atoms with Crippen molar-refractivity contribution in [3.8, 4) is 0 Å². The van der Waals surface area contributed by atoms with E-state index in [0.717, 1.165) is 6.42 Å². The zero-order chi connectivity index (χ0) is 14.6. The van der Waals surface area contributed by atoms with Crippen LogP contribution < -0.4 is 0 Å². The maximum absolute atomic E-state index is 12.9. The van der Waals surface area contributed by atoms with Crippen LogP contribution in [0.25, 0.3) is 0 Å². The molecule has 0 saturated carbocycles. The second-order valence-electron chi connectivity index (χ2n) is 4.37. The maximum Gasteiger partial charge on any atom is 0.463 e. The highest BCUT2D eigenvalue weighted by atomic mass is 19.4. The first kappa shape index (κ1) is 17.1. The number of halogens is 5. The van der Waals surface area contributed by atoms with Crippen molar-refractivity contribution in [3.05, 3.63) is 0 Å². The molecule has 0 heterocycles. The molecule has 0 spiro atoms. The van der Waals surface area contributed by atoms with Gasteiger partial charge in [0.2, 0.25) is 0 Å². The Morgan fingerprint density at radius 2 is 1.61 bits per heavy atom. The van der Waals surface area contributed by atoms with E-state index in [1.807, 2.05) is 6.92 Å². The Morgan fingerprint density at radius 3 is 1.94 bits per heavy atom. The third-order valence-electron chi connectivity index (χ3n) is 2.51. The Labute approximate surface area is 103 Å². The van der Waals surface area contributed by atoms with Crippen LogP contribution in [0.15, 0.2) is 0 Å². The van der Waals surface area contributed by atoms with Crippen LogP contribution in [0.1, 0.15) is 40.0 Å². The van der Waals surface area contributed by atoms with Crippen molar-refractivity contribution in [2.75, 3.05) is 6.54 Å². The minimum absolute atomic E-state index is 0.0873. The molecule has 108 valence electrons. The first-order valence-electron chi connectivity index (χ1n) is 5.81. The fourth-order valence-electron chi connectivity index (χ4n) is 1.43. The van der Waals surface area contributed by atoms with E-state index in [2.05, 4.69) is 0 Å². The minimum atomic E-state index is -5.85. The highest BCUT2D eigenvalue weighted by Crippen LogP contribution is 2.37. The lowest BCUT2D eigenvalue weighted by atomic mass is 10.2. The average molecular weight is 275 g/mol. The molecule has 0 rings (SSSR count). The number of hydrogen-bond donors (Lipinski definition) is 0. The lowest BCUT2D eigenvalue weighted by Crippen LogP contribution is -2.54. The van der Waals surface area contributed by atoms with Crippen LogP contribution in [0.2, 0.25) is 0 Å². The van der Waals surface area contributed by atoms with Crippen molar-refractivity contribution in [3.63, 3.8) is 0 Å². The molecule has 0 aromatic heterocycles. The summed E-state index contributed by atoms with van der Waals surface area (Å²) < 4.78 is 62.2. The first-order chi connectivity index (χ1) is 8.05. The minimum Gasteiger partial charge on any atom is -0.335 e. The Balaban J connectivity index is 4.87. The number of carbonyl (C=O) groups is 1. The van der Waals surface area contributed by atoms with Crippen LogP contribution in [0, 0.1) is 0 Å². The highest BCUT2D eigenvalue weighted by Gasteiger charge is 2.64. The number of carbonyl (C=O) groups excluding carboxylic acids is 1. The summed E-state index contributed by atoms with van der Waals surface area (Å²) in [5.41, 5.74) is 0. The second kappa shape index (κ2) is 6.33. The van der Waals surface area contributed by atoms with Crippen molar-refractivity contribution in [1.82, 2.24) is 4.90 Å². The van der Waals surface area contributed by atoms with E-state index in [9.17, 15) is 26.7 Å². The van der Waals surface area contributed by atoms with Gasteiger partial charge in [-0.2, -0.15) is 22.0 Å². The van der Waals surface area contributed by atoms with Crippen molar-refractivity contribution < 1.29 is 26.7 Å². The predicted octanol–water partition coefficient (Wildman–Crippen LogP) is 3.61. The van der Waals surface area contributed by atoms with Crippen LogP contribution in [-0.2, 0) is 4.79 Å². The molecular formula is C11H18F5NO. The molecule has 0 radical (unpaired) electrons. The van der Waals surface area contributed by atoms with Gasteiger partial charge in [0, 0.05) is 12.6 Å². The standard InChI is InChI=1S/C11H18F5NO/c1-4-5-6-7-17(8(2)3)9(18)10(12,13)11(14,15)16/h8H,4-7H2,1-3H3. The molecule has 0 aliphatic carbocycles. The van der Waals surface area contributed by atoms with Gasteiger partial charge in [-0.1, -0.05) is 19.8 Å². The van der Waals surface area contributed by atoms with Crippen LogP contribution in [0.5, 0.6) is 0 Å². The normalized spacial score (nSPS) is 12.9. The van der Waals surface area contributed by atoms with Crippen LogP contribution in [0.4, 0.5) is 22.0 Å². The summed E-state index contributed by atoms with van der Waals surface area (Å²) in [5, 5.41) is 0. The molecule has 0 unspecified atom stereocenters. The van der Waals surface area contributed by atoms with E-state index < -0.39 is 24.0 Å². The molecule has 0 aliphatic heterocycles. The van der Waals surface area contributed by atoms with E-state index in [1.165, 1.54) is 13.8 Å². The quantitative estimate of drug-likeness (QED) is 0.535. The Kier molecular flexibility index (Phi) is 6.02. The van der Waals surface area contributed by atoms with Crippen molar-refractivity contribution in [1.29, 1.82) is 0 Å². The van der Waals surface area contributed by atoms with Gasteiger partial charge in [-0.05, 0) is 20.3 Å². The fraction of sp³-hybridized carbons (Fsp3) is 0.909. The molecule has 0 aromatic rings. The van der Waals surface area contributed by atoms with E-state index in [4.69, 9.17) is 0 Å². The average Bonchev–Trinajstić information content (AvgIpc) is 2.21. The van der Waals surface area contributed by atoms with Gasteiger partial charge in [0.15, 0.2) is 0 Å². The molecule has 1 amide bonds. The molecule has 18 heavy (non-hydrogen) atoms. The van der Waals surface area contributed by atoms with E-state index in [-0.39, 0.29) is 6.54 Å². The van der Waals surface area contributed by atoms with Gasteiger partial charge in [0.1, 0.15) is 0 Å². The van der Waals surface area contributed by atoms with E-state index >= 15 is 0 Å². The molecule has 2 nitrogen and oxygen atoms in total. The molecule has 7 heteroatoms. The topological polar surface area (TPSA) is 20.3 Å². The van der Waals surface area contributed by atoms with E-state index in [0.29, 0.717) is 17.7 Å². The van der Waals surface area contributed by atoms with Gasteiger partial charge < -0.3 is 4.90 Å². The second-order valence-corrected chi connectivity index (χ2v) is 4.37. The lowest BCUT2D eigenvalue weighted by molar-refractivity contribution is -0.275. The largest absolute Gasteiger partial charge is 0.463 e. The highest BCUT2D eigenvalue weighted by molar-refractivity contribution is 5.84. The van der Waals surface area contributed by atoms with Crippen LogP contribution >= 0.6 is 0 Å². The Hall–Kier alpha value is -0.880. The van der Waals surface area contributed by atoms with E-state index in [1.54, 1.807) is 0 Å². The van der Waals surface area contributed by atoms with Crippen LogP contribution in [-0.4, -0.2) is 35.5 Å². The molecule has 0 fully saturated rings.